The van der Waals surface area contributed by atoms with Crippen molar-refractivity contribution in [3.8, 4) is 0 Å². The van der Waals surface area contributed by atoms with Crippen molar-refractivity contribution in [2.75, 3.05) is 7.11 Å². The summed E-state index contributed by atoms with van der Waals surface area (Å²) >= 11 is 0. The third-order valence-electron chi connectivity index (χ3n) is 1.48. The van der Waals surface area contributed by atoms with Crippen LogP contribution in [0.5, 0.6) is 0 Å². The molecule has 0 fully saturated rings. The van der Waals surface area contributed by atoms with Crippen LogP contribution in [-0.2, 0) is 4.74 Å². The van der Waals surface area contributed by atoms with E-state index in [1.54, 1.807) is 7.11 Å². The van der Waals surface area contributed by atoms with Gasteiger partial charge in [-0.15, -0.1) is 6.58 Å². The maximum absolute atomic E-state index is 5.15. The molecule has 0 bridgehead atoms. The third kappa shape index (κ3) is 4.22. The van der Waals surface area contributed by atoms with E-state index in [2.05, 4.69) is 13.5 Å². The average molecular weight is 128 g/mol. The van der Waals surface area contributed by atoms with Gasteiger partial charge in [-0.1, -0.05) is 13.0 Å². The molecule has 1 atom stereocenters. The van der Waals surface area contributed by atoms with Crippen molar-refractivity contribution in [2.24, 2.45) is 0 Å². The highest BCUT2D eigenvalue weighted by atomic mass is 16.5. The zero-order valence-electron chi connectivity index (χ0n) is 6.39. The first kappa shape index (κ1) is 8.70. The van der Waals surface area contributed by atoms with Gasteiger partial charge in [0.05, 0.1) is 6.10 Å². The molecule has 1 nitrogen and oxygen atoms in total. The Labute approximate surface area is 57.7 Å². The maximum Gasteiger partial charge on any atom is 0.0571 e. The van der Waals surface area contributed by atoms with Gasteiger partial charge in [0, 0.05) is 7.11 Å². The fourth-order valence-electron chi connectivity index (χ4n) is 0.792. The lowest BCUT2D eigenvalue weighted by Gasteiger charge is -2.09. The number of hydrogen-bond acceptors (Lipinski definition) is 1. The summed E-state index contributed by atoms with van der Waals surface area (Å²) in [5, 5.41) is 0. The van der Waals surface area contributed by atoms with Gasteiger partial charge in [0.15, 0.2) is 0 Å². The van der Waals surface area contributed by atoms with Gasteiger partial charge in [-0.25, -0.2) is 0 Å². The number of allylic oxidation sites excluding steroid dienone is 1. The molecule has 0 aliphatic heterocycles. The second-order valence-corrected chi connectivity index (χ2v) is 2.13. The highest BCUT2D eigenvalue weighted by Crippen LogP contribution is 2.04. The molecule has 0 aliphatic carbocycles. The normalized spacial score (nSPS) is 13.1. The molecule has 0 heterocycles. The van der Waals surface area contributed by atoms with Crippen LogP contribution in [0.2, 0.25) is 0 Å². The summed E-state index contributed by atoms with van der Waals surface area (Å²) in [6, 6.07) is 0. The van der Waals surface area contributed by atoms with Crippen molar-refractivity contribution in [1.29, 1.82) is 0 Å². The lowest BCUT2D eigenvalue weighted by atomic mass is 10.1. The average Bonchev–Trinajstić information content (AvgIpc) is 1.91. The smallest absolute Gasteiger partial charge is 0.0571 e. The fourth-order valence-corrected chi connectivity index (χ4v) is 0.792. The van der Waals surface area contributed by atoms with Crippen LogP contribution in [0.15, 0.2) is 12.7 Å². The van der Waals surface area contributed by atoms with E-state index in [1.807, 2.05) is 6.08 Å². The summed E-state index contributed by atoms with van der Waals surface area (Å²) in [6.45, 7) is 5.78. The molecule has 0 aliphatic rings. The van der Waals surface area contributed by atoms with Gasteiger partial charge >= 0.3 is 0 Å². The van der Waals surface area contributed by atoms with Gasteiger partial charge in [-0.05, 0) is 19.3 Å². The first-order valence-electron chi connectivity index (χ1n) is 3.48. The Morgan fingerprint density at radius 3 is 2.67 bits per heavy atom. The molecule has 0 spiro atoms. The largest absolute Gasteiger partial charge is 0.381 e. The van der Waals surface area contributed by atoms with Crippen LogP contribution in [0.1, 0.15) is 26.2 Å². The van der Waals surface area contributed by atoms with E-state index in [0.29, 0.717) is 6.10 Å². The van der Waals surface area contributed by atoms with E-state index >= 15 is 0 Å². The molecular weight excluding hydrogens is 112 g/mol. The Kier molecular flexibility index (Phi) is 5.64. The van der Waals surface area contributed by atoms with Crippen LogP contribution in [-0.4, -0.2) is 13.2 Å². The Morgan fingerprint density at radius 1 is 1.67 bits per heavy atom. The van der Waals surface area contributed by atoms with E-state index in [-0.39, 0.29) is 0 Å². The lowest BCUT2D eigenvalue weighted by molar-refractivity contribution is 0.0931. The summed E-state index contributed by atoms with van der Waals surface area (Å²) in [5.41, 5.74) is 0. The van der Waals surface area contributed by atoms with Crippen LogP contribution >= 0.6 is 0 Å². The molecule has 0 N–H and O–H groups in total. The van der Waals surface area contributed by atoms with Crippen molar-refractivity contribution in [1.82, 2.24) is 0 Å². The van der Waals surface area contributed by atoms with Crippen LogP contribution in [0, 0.1) is 0 Å². The van der Waals surface area contributed by atoms with Gasteiger partial charge in [0.2, 0.25) is 0 Å². The van der Waals surface area contributed by atoms with Crippen LogP contribution < -0.4 is 0 Å². The van der Waals surface area contributed by atoms with Crippen molar-refractivity contribution >= 4 is 0 Å². The van der Waals surface area contributed by atoms with Crippen molar-refractivity contribution in [2.45, 2.75) is 32.3 Å². The number of methoxy groups -OCH3 is 1. The zero-order valence-corrected chi connectivity index (χ0v) is 6.39. The van der Waals surface area contributed by atoms with E-state index in [4.69, 9.17) is 4.74 Å². The summed E-state index contributed by atoms with van der Waals surface area (Å²) in [4.78, 5) is 0. The SMILES string of the molecule is C=CCCC(CC)OC. The highest BCUT2D eigenvalue weighted by Gasteiger charge is 2.00. The third-order valence-corrected chi connectivity index (χ3v) is 1.48. The zero-order chi connectivity index (χ0) is 7.11. The number of rotatable bonds is 5. The summed E-state index contributed by atoms with van der Waals surface area (Å²) in [5.74, 6) is 0. The number of hydrogen-bond donors (Lipinski definition) is 0. The molecule has 0 saturated heterocycles. The summed E-state index contributed by atoms with van der Waals surface area (Å²) < 4.78 is 5.15. The minimum absolute atomic E-state index is 0.433. The van der Waals surface area contributed by atoms with Gasteiger partial charge in [0.25, 0.3) is 0 Å². The molecule has 0 radical (unpaired) electrons. The molecule has 9 heavy (non-hydrogen) atoms. The summed E-state index contributed by atoms with van der Waals surface area (Å²) in [6.07, 6.45) is 5.64. The van der Waals surface area contributed by atoms with Crippen LogP contribution in [0.25, 0.3) is 0 Å². The van der Waals surface area contributed by atoms with Crippen molar-refractivity contribution < 1.29 is 4.74 Å². The molecule has 0 aromatic rings. The van der Waals surface area contributed by atoms with Gasteiger partial charge < -0.3 is 4.74 Å². The molecular formula is C8H16O. The second kappa shape index (κ2) is 5.83. The highest BCUT2D eigenvalue weighted by molar-refractivity contribution is 4.68. The van der Waals surface area contributed by atoms with E-state index in [9.17, 15) is 0 Å². The Hall–Kier alpha value is -0.300. The first-order valence-corrected chi connectivity index (χ1v) is 3.48. The molecule has 0 aromatic carbocycles. The standard InChI is InChI=1S/C8H16O/c1-4-6-7-8(5-2)9-3/h4,8H,1,5-7H2,2-3H3. The predicted molar refractivity (Wildman–Crippen MR) is 40.5 cm³/mol. The Bertz CT molecular complexity index is 65.0. The van der Waals surface area contributed by atoms with E-state index in [0.717, 1.165) is 19.3 Å². The van der Waals surface area contributed by atoms with Crippen LogP contribution in [0.3, 0.4) is 0 Å². The molecule has 0 amide bonds. The maximum atomic E-state index is 5.15. The second-order valence-electron chi connectivity index (χ2n) is 2.13. The van der Waals surface area contributed by atoms with Gasteiger partial charge in [-0.3, -0.25) is 0 Å². The Balaban J connectivity index is 3.19. The topological polar surface area (TPSA) is 9.23 Å². The lowest BCUT2D eigenvalue weighted by Crippen LogP contribution is -2.07. The number of ether oxygens (including phenoxy) is 1. The Morgan fingerprint density at radius 2 is 2.33 bits per heavy atom. The summed E-state index contributed by atoms with van der Waals surface area (Å²) in [7, 11) is 1.76. The van der Waals surface area contributed by atoms with E-state index < -0.39 is 0 Å². The first-order chi connectivity index (χ1) is 4.35. The fraction of sp³-hybridized carbons (Fsp3) is 0.750. The molecule has 0 rings (SSSR count). The minimum atomic E-state index is 0.433. The van der Waals surface area contributed by atoms with Crippen LogP contribution in [0.4, 0.5) is 0 Å². The van der Waals surface area contributed by atoms with E-state index in [1.165, 1.54) is 0 Å². The molecule has 0 aromatic heterocycles. The van der Waals surface area contributed by atoms with Gasteiger partial charge in [-0.2, -0.15) is 0 Å². The molecule has 1 unspecified atom stereocenters. The predicted octanol–water partition coefficient (Wildman–Crippen LogP) is 2.38. The van der Waals surface area contributed by atoms with Crippen molar-refractivity contribution in [3.63, 3.8) is 0 Å². The minimum Gasteiger partial charge on any atom is -0.381 e. The van der Waals surface area contributed by atoms with Gasteiger partial charge in [0.1, 0.15) is 0 Å². The van der Waals surface area contributed by atoms with Crippen molar-refractivity contribution in [3.05, 3.63) is 12.7 Å². The molecule has 1 heteroatoms. The quantitative estimate of drug-likeness (QED) is 0.516. The molecule has 54 valence electrons. The molecule has 0 saturated carbocycles. The monoisotopic (exact) mass is 128 g/mol.